The van der Waals surface area contributed by atoms with E-state index in [2.05, 4.69) is 9.88 Å². The van der Waals surface area contributed by atoms with Crippen LogP contribution in [0.2, 0.25) is 5.02 Å². The number of esters is 1. The smallest absolute Gasteiger partial charge is 0.340 e. The van der Waals surface area contributed by atoms with Crippen molar-refractivity contribution >= 4 is 28.5 Å². The lowest BCUT2D eigenvalue weighted by Crippen LogP contribution is -2.50. The molecular formula is C18H21ClN2O3. The van der Waals surface area contributed by atoms with Gasteiger partial charge in [0.25, 0.3) is 0 Å². The van der Waals surface area contributed by atoms with Crippen molar-refractivity contribution in [1.82, 2.24) is 9.88 Å². The molecule has 128 valence electrons. The summed E-state index contributed by atoms with van der Waals surface area (Å²) in [4.78, 5) is 18.2. The second-order valence-electron chi connectivity index (χ2n) is 6.90. The Balaban J connectivity index is 1.55. The van der Waals surface area contributed by atoms with Crippen LogP contribution in [0.15, 0.2) is 18.3 Å². The molecule has 5 rings (SSSR count). The third-order valence-electron chi connectivity index (χ3n) is 5.53. The number of rotatable bonds is 4. The number of halogens is 1. The van der Waals surface area contributed by atoms with E-state index in [1.54, 1.807) is 25.4 Å². The molecule has 3 fully saturated rings. The van der Waals surface area contributed by atoms with E-state index in [9.17, 15) is 4.79 Å². The van der Waals surface area contributed by atoms with E-state index in [1.165, 1.54) is 0 Å². The summed E-state index contributed by atoms with van der Waals surface area (Å²) < 4.78 is 11.1. The highest BCUT2D eigenvalue weighted by atomic mass is 35.5. The highest BCUT2D eigenvalue weighted by molar-refractivity contribution is 6.31. The van der Waals surface area contributed by atoms with E-state index in [0.717, 1.165) is 49.8 Å². The number of fused-ring (bicyclic) bond motifs is 4. The first kappa shape index (κ1) is 15.8. The zero-order valence-corrected chi connectivity index (χ0v) is 14.5. The number of ether oxygens (including phenoxy) is 2. The third kappa shape index (κ3) is 2.66. The fourth-order valence-corrected chi connectivity index (χ4v) is 4.13. The SMILES string of the molecule is COc1cc(Cl)cc2[nH]cc(C(=O)OCC34CCN(CC3)CC4)c12. The van der Waals surface area contributed by atoms with E-state index in [1.807, 2.05) is 0 Å². The van der Waals surface area contributed by atoms with Crippen LogP contribution in [0.1, 0.15) is 29.6 Å². The molecule has 1 aromatic carbocycles. The first-order valence-electron chi connectivity index (χ1n) is 8.34. The summed E-state index contributed by atoms with van der Waals surface area (Å²) in [5.74, 6) is 0.277. The molecule has 3 saturated heterocycles. The Morgan fingerprint density at radius 1 is 1.29 bits per heavy atom. The first-order chi connectivity index (χ1) is 11.6. The monoisotopic (exact) mass is 348 g/mol. The molecule has 0 atom stereocenters. The number of nitrogens with one attached hydrogen (secondary N) is 1. The first-order valence-corrected chi connectivity index (χ1v) is 8.72. The number of methoxy groups -OCH3 is 1. The molecule has 0 amide bonds. The predicted molar refractivity (Wildman–Crippen MR) is 92.9 cm³/mol. The second kappa shape index (κ2) is 5.97. The molecule has 1 N–H and O–H groups in total. The van der Waals surface area contributed by atoms with E-state index in [0.29, 0.717) is 22.9 Å². The molecule has 0 saturated carbocycles. The van der Waals surface area contributed by atoms with Gasteiger partial charge in [-0.15, -0.1) is 0 Å². The van der Waals surface area contributed by atoms with E-state index in [-0.39, 0.29) is 11.4 Å². The summed E-state index contributed by atoms with van der Waals surface area (Å²) >= 11 is 6.08. The number of H-pyrrole nitrogens is 1. The fourth-order valence-electron chi connectivity index (χ4n) is 3.93. The van der Waals surface area contributed by atoms with Crippen molar-refractivity contribution in [3.05, 3.63) is 28.9 Å². The highest BCUT2D eigenvalue weighted by Gasteiger charge is 2.40. The third-order valence-corrected chi connectivity index (χ3v) is 5.75. The van der Waals surface area contributed by atoms with Crippen molar-refractivity contribution in [2.75, 3.05) is 33.4 Å². The molecule has 0 spiro atoms. The molecule has 0 unspecified atom stereocenters. The predicted octanol–water partition coefficient (Wildman–Crippen LogP) is 3.47. The van der Waals surface area contributed by atoms with Gasteiger partial charge >= 0.3 is 5.97 Å². The Labute approximate surface area is 145 Å². The van der Waals surface area contributed by atoms with Gasteiger partial charge in [-0.25, -0.2) is 4.79 Å². The van der Waals surface area contributed by atoms with Crippen molar-refractivity contribution in [1.29, 1.82) is 0 Å². The number of benzene rings is 1. The maximum atomic E-state index is 12.6. The minimum absolute atomic E-state index is 0.171. The van der Waals surface area contributed by atoms with Gasteiger partial charge in [0.05, 0.1) is 30.2 Å². The zero-order chi connectivity index (χ0) is 16.7. The Morgan fingerprint density at radius 2 is 2.00 bits per heavy atom. The topological polar surface area (TPSA) is 54.6 Å². The van der Waals surface area contributed by atoms with Gasteiger partial charge in [-0.05, 0) is 51.0 Å². The number of aromatic nitrogens is 1. The van der Waals surface area contributed by atoms with Gasteiger partial charge in [0, 0.05) is 16.6 Å². The van der Waals surface area contributed by atoms with E-state index >= 15 is 0 Å². The van der Waals surface area contributed by atoms with Crippen molar-refractivity contribution in [2.45, 2.75) is 19.3 Å². The van der Waals surface area contributed by atoms with Gasteiger partial charge in [0.2, 0.25) is 0 Å². The minimum Gasteiger partial charge on any atom is -0.496 e. The number of carbonyl (C=O) groups is 1. The molecule has 1 aromatic heterocycles. The van der Waals surface area contributed by atoms with Crippen LogP contribution >= 0.6 is 11.6 Å². The average molecular weight is 349 g/mol. The summed E-state index contributed by atoms with van der Waals surface area (Å²) in [7, 11) is 1.57. The molecule has 3 aliphatic rings. The Hall–Kier alpha value is -1.72. The van der Waals surface area contributed by atoms with Crippen LogP contribution in [0, 0.1) is 5.41 Å². The average Bonchev–Trinajstić information content (AvgIpc) is 3.04. The Bertz CT molecular complexity index is 764. The molecule has 0 aliphatic carbocycles. The van der Waals surface area contributed by atoms with E-state index in [4.69, 9.17) is 21.1 Å². The largest absolute Gasteiger partial charge is 0.496 e. The number of carbonyl (C=O) groups excluding carboxylic acids is 1. The summed E-state index contributed by atoms with van der Waals surface area (Å²) in [6, 6.07) is 3.50. The zero-order valence-electron chi connectivity index (χ0n) is 13.7. The lowest BCUT2D eigenvalue weighted by molar-refractivity contribution is -0.0304. The van der Waals surface area contributed by atoms with Gasteiger partial charge in [0.15, 0.2) is 0 Å². The van der Waals surface area contributed by atoms with Crippen LogP contribution in [0.3, 0.4) is 0 Å². The van der Waals surface area contributed by atoms with Crippen molar-refractivity contribution in [2.24, 2.45) is 5.41 Å². The lowest BCUT2D eigenvalue weighted by Gasteiger charge is -2.47. The van der Waals surface area contributed by atoms with Gasteiger partial charge in [-0.3, -0.25) is 0 Å². The minimum atomic E-state index is -0.302. The van der Waals surface area contributed by atoms with Crippen LogP contribution in [-0.4, -0.2) is 49.2 Å². The van der Waals surface area contributed by atoms with Crippen molar-refractivity contribution in [3.8, 4) is 5.75 Å². The van der Waals surface area contributed by atoms with Crippen LogP contribution < -0.4 is 4.74 Å². The summed E-state index contributed by atoms with van der Waals surface area (Å²) in [5.41, 5.74) is 1.45. The molecule has 4 heterocycles. The van der Waals surface area contributed by atoms with Crippen LogP contribution in [0.4, 0.5) is 0 Å². The summed E-state index contributed by atoms with van der Waals surface area (Å²) in [5, 5.41) is 1.29. The normalized spacial score (nSPS) is 25.8. The number of piperidine rings is 3. The Morgan fingerprint density at radius 3 is 2.67 bits per heavy atom. The van der Waals surface area contributed by atoms with E-state index < -0.39 is 0 Å². The number of nitrogens with zero attached hydrogens (tertiary/aromatic N) is 1. The second-order valence-corrected chi connectivity index (χ2v) is 7.34. The maximum absolute atomic E-state index is 12.6. The molecule has 2 bridgehead atoms. The van der Waals surface area contributed by atoms with Crippen molar-refractivity contribution < 1.29 is 14.3 Å². The summed E-state index contributed by atoms with van der Waals surface area (Å²) in [6.07, 6.45) is 5.03. The van der Waals surface area contributed by atoms with Crippen LogP contribution in [0.5, 0.6) is 5.75 Å². The lowest BCUT2D eigenvalue weighted by atomic mass is 9.73. The molecule has 5 nitrogen and oxygen atoms in total. The molecule has 0 radical (unpaired) electrons. The van der Waals surface area contributed by atoms with Crippen LogP contribution in [0.25, 0.3) is 10.9 Å². The Kier molecular flexibility index (Phi) is 3.93. The molecule has 3 aliphatic heterocycles. The fraction of sp³-hybridized carbons (Fsp3) is 0.500. The number of hydrogen-bond donors (Lipinski definition) is 1. The van der Waals surface area contributed by atoms with Gasteiger partial charge in [-0.2, -0.15) is 0 Å². The number of aromatic amines is 1. The van der Waals surface area contributed by atoms with Gasteiger partial charge in [0.1, 0.15) is 5.75 Å². The summed E-state index contributed by atoms with van der Waals surface area (Å²) in [6.45, 7) is 3.87. The van der Waals surface area contributed by atoms with Gasteiger partial charge < -0.3 is 19.4 Å². The van der Waals surface area contributed by atoms with Gasteiger partial charge in [-0.1, -0.05) is 11.6 Å². The highest BCUT2D eigenvalue weighted by Crippen LogP contribution is 2.40. The number of hydrogen-bond acceptors (Lipinski definition) is 4. The maximum Gasteiger partial charge on any atom is 0.340 e. The molecule has 2 aromatic rings. The standard InChI is InChI=1S/C18H21ClN2O3/c1-23-15-9-12(19)8-14-16(15)13(10-20-14)17(22)24-11-18-2-5-21(6-3-18)7-4-18/h8-10,20H,2-7,11H2,1H3. The van der Waals surface area contributed by atoms with Crippen molar-refractivity contribution in [3.63, 3.8) is 0 Å². The quantitative estimate of drug-likeness (QED) is 0.859. The molecule has 24 heavy (non-hydrogen) atoms. The molecule has 6 heteroatoms. The molecular weight excluding hydrogens is 328 g/mol. The van der Waals surface area contributed by atoms with Crippen LogP contribution in [-0.2, 0) is 4.74 Å².